The molecule has 0 saturated carbocycles. The van der Waals surface area contributed by atoms with Gasteiger partial charge >= 0.3 is 0 Å². The number of benzene rings is 1. The molecule has 0 radical (unpaired) electrons. The summed E-state index contributed by atoms with van der Waals surface area (Å²) in [5, 5.41) is 0. The van der Waals surface area contributed by atoms with Crippen molar-refractivity contribution in [1.29, 1.82) is 0 Å². The van der Waals surface area contributed by atoms with E-state index in [1.165, 1.54) is 0 Å². The number of epoxide rings is 3. The van der Waals surface area contributed by atoms with Crippen LogP contribution in [0.25, 0.3) is 0 Å². The van der Waals surface area contributed by atoms with Crippen molar-refractivity contribution in [3.8, 4) is 5.75 Å². The van der Waals surface area contributed by atoms with Gasteiger partial charge in [0, 0.05) is 13.1 Å². The van der Waals surface area contributed by atoms with Gasteiger partial charge in [-0.05, 0) is 19.2 Å². The smallest absolute Gasteiger partial charge is 0.119 e. The number of likely N-dealkylation sites (N-methyl/N-ethyl adjacent to an activating group) is 1. The number of hydrogen-bond donors (Lipinski definition) is 0. The molecule has 1 aromatic carbocycles. The van der Waals surface area contributed by atoms with E-state index >= 15 is 0 Å². The van der Waals surface area contributed by atoms with Crippen molar-refractivity contribution in [2.45, 2.75) is 32.2 Å². The molecule has 3 aliphatic rings. The lowest BCUT2D eigenvalue weighted by Gasteiger charge is -2.12. The van der Waals surface area contributed by atoms with Crippen molar-refractivity contribution in [3.63, 3.8) is 0 Å². The first-order valence-electron chi connectivity index (χ1n) is 8.51. The molecule has 0 N–H and O–H groups in total. The third-order valence-electron chi connectivity index (χ3n) is 3.42. The summed E-state index contributed by atoms with van der Waals surface area (Å²) < 4.78 is 20.6. The molecule has 0 amide bonds. The summed E-state index contributed by atoms with van der Waals surface area (Å²) in [4.78, 5) is 2.27. The number of para-hydroxylation sites is 1. The molecule has 4 rings (SSSR count). The van der Waals surface area contributed by atoms with Gasteiger partial charge in [0.15, 0.2) is 0 Å². The van der Waals surface area contributed by atoms with Gasteiger partial charge in [-0.15, -0.1) is 0 Å². The van der Waals surface area contributed by atoms with E-state index in [1.54, 1.807) is 0 Å². The average Bonchev–Trinajstić information content (AvgIpc) is 3.41. The molecule has 0 aliphatic carbocycles. The minimum atomic E-state index is 0.343. The second-order valence-corrected chi connectivity index (χ2v) is 5.71. The minimum Gasteiger partial charge on any atom is -0.491 e. The first-order chi connectivity index (χ1) is 11.3. The maximum atomic E-state index is 5.40. The van der Waals surface area contributed by atoms with Gasteiger partial charge in [0.05, 0.1) is 32.0 Å². The average molecular weight is 323 g/mol. The topological polar surface area (TPSA) is 50.1 Å². The normalized spacial score (nSPS) is 26.3. The van der Waals surface area contributed by atoms with Crippen LogP contribution in [0.4, 0.5) is 0 Å². The highest BCUT2D eigenvalue weighted by molar-refractivity contribution is 5.20. The highest BCUT2D eigenvalue weighted by Gasteiger charge is 2.28. The Morgan fingerprint density at radius 3 is 1.83 bits per heavy atom. The molecule has 0 aromatic heterocycles. The van der Waals surface area contributed by atoms with E-state index in [9.17, 15) is 0 Å². The van der Waals surface area contributed by atoms with Gasteiger partial charge in [-0.2, -0.15) is 0 Å². The van der Waals surface area contributed by atoms with Crippen molar-refractivity contribution >= 4 is 0 Å². The maximum absolute atomic E-state index is 5.40. The van der Waals surface area contributed by atoms with Crippen LogP contribution >= 0.6 is 0 Å². The largest absolute Gasteiger partial charge is 0.491 e. The standard InChI is InChI=1S/C9H10O2.C7H13NO2.C2H6/c1-2-4-8(5-3-1)10-6-9-7-11-9;1-8(2-6-4-9-6)3-7-5-10-7;1-2/h1-5,9H,6-7H2;6-7H,2-5H2,1H3;1-2H3. The van der Waals surface area contributed by atoms with E-state index in [0.29, 0.717) is 24.9 Å². The molecular formula is C18H29NO4. The Morgan fingerprint density at radius 2 is 1.39 bits per heavy atom. The van der Waals surface area contributed by atoms with Gasteiger partial charge in [-0.3, -0.25) is 0 Å². The van der Waals surface area contributed by atoms with Crippen LogP contribution in [0.1, 0.15) is 13.8 Å². The highest BCUT2D eigenvalue weighted by atomic mass is 16.6. The third kappa shape index (κ3) is 8.91. The first kappa shape index (κ1) is 18.2. The fourth-order valence-corrected chi connectivity index (χ4v) is 1.99. The number of ether oxygens (including phenoxy) is 4. The molecule has 5 heteroatoms. The van der Waals surface area contributed by atoms with E-state index in [0.717, 1.165) is 38.7 Å². The number of hydrogen-bond acceptors (Lipinski definition) is 5. The monoisotopic (exact) mass is 323 g/mol. The summed E-state index contributed by atoms with van der Waals surface area (Å²) in [5.41, 5.74) is 0. The summed E-state index contributed by atoms with van der Waals surface area (Å²) in [6.07, 6.45) is 1.38. The Hall–Kier alpha value is -1.14. The van der Waals surface area contributed by atoms with Crippen LogP contribution < -0.4 is 4.74 Å². The van der Waals surface area contributed by atoms with Crippen LogP contribution in [0.5, 0.6) is 5.75 Å². The molecule has 0 bridgehead atoms. The molecule has 0 spiro atoms. The summed E-state index contributed by atoms with van der Waals surface area (Å²) in [6.45, 7) is 9.59. The molecule has 23 heavy (non-hydrogen) atoms. The number of nitrogens with zero attached hydrogens (tertiary/aromatic N) is 1. The molecule has 5 nitrogen and oxygen atoms in total. The predicted octanol–water partition coefficient (Wildman–Crippen LogP) is 2.21. The SMILES string of the molecule is CC.CN(CC1CO1)CC1CO1.c1ccc(OCC2CO2)cc1. The summed E-state index contributed by atoms with van der Waals surface area (Å²) >= 11 is 0. The second-order valence-electron chi connectivity index (χ2n) is 5.71. The van der Waals surface area contributed by atoms with Crippen molar-refractivity contribution in [2.24, 2.45) is 0 Å². The summed E-state index contributed by atoms with van der Waals surface area (Å²) in [5.74, 6) is 0.919. The van der Waals surface area contributed by atoms with E-state index in [1.807, 2.05) is 44.2 Å². The Kier molecular flexibility index (Phi) is 7.82. The quantitative estimate of drug-likeness (QED) is 0.720. The minimum absolute atomic E-state index is 0.343. The zero-order valence-electron chi connectivity index (χ0n) is 14.4. The lowest BCUT2D eigenvalue weighted by atomic mass is 10.3. The first-order valence-corrected chi connectivity index (χ1v) is 8.51. The van der Waals surface area contributed by atoms with Crippen LogP contribution in [0.15, 0.2) is 30.3 Å². The van der Waals surface area contributed by atoms with Gasteiger partial charge in [0.2, 0.25) is 0 Å². The molecule has 3 heterocycles. The van der Waals surface area contributed by atoms with Crippen molar-refractivity contribution in [2.75, 3.05) is 46.6 Å². The van der Waals surface area contributed by atoms with Gasteiger partial charge in [-0.1, -0.05) is 32.0 Å². The summed E-state index contributed by atoms with van der Waals surface area (Å²) in [7, 11) is 2.11. The fraction of sp³-hybridized carbons (Fsp3) is 0.667. The second kappa shape index (κ2) is 9.88. The van der Waals surface area contributed by atoms with Crippen molar-refractivity contribution in [3.05, 3.63) is 30.3 Å². The zero-order chi connectivity index (χ0) is 16.5. The Balaban J connectivity index is 0.000000152. The van der Waals surface area contributed by atoms with Gasteiger partial charge in [0.25, 0.3) is 0 Å². The van der Waals surface area contributed by atoms with Crippen LogP contribution in [-0.4, -0.2) is 69.8 Å². The van der Waals surface area contributed by atoms with Gasteiger partial charge in [-0.25, -0.2) is 0 Å². The lowest BCUT2D eigenvalue weighted by Crippen LogP contribution is -2.27. The predicted molar refractivity (Wildman–Crippen MR) is 90.0 cm³/mol. The van der Waals surface area contributed by atoms with E-state index in [2.05, 4.69) is 11.9 Å². The number of rotatable bonds is 7. The Morgan fingerprint density at radius 1 is 0.913 bits per heavy atom. The van der Waals surface area contributed by atoms with Crippen molar-refractivity contribution in [1.82, 2.24) is 4.90 Å². The molecule has 1 aromatic rings. The van der Waals surface area contributed by atoms with Gasteiger partial charge in [0.1, 0.15) is 18.5 Å². The van der Waals surface area contributed by atoms with E-state index < -0.39 is 0 Å². The van der Waals surface area contributed by atoms with Crippen LogP contribution in [0.3, 0.4) is 0 Å². The fourth-order valence-electron chi connectivity index (χ4n) is 1.99. The van der Waals surface area contributed by atoms with E-state index in [-0.39, 0.29) is 0 Å². The molecule has 3 fully saturated rings. The summed E-state index contributed by atoms with van der Waals surface area (Å²) in [6, 6.07) is 9.79. The molecule has 3 aliphatic heterocycles. The Bertz CT molecular complexity index is 402. The van der Waals surface area contributed by atoms with Crippen LogP contribution in [0, 0.1) is 0 Å². The molecular weight excluding hydrogens is 294 g/mol. The Labute approximate surface area is 139 Å². The van der Waals surface area contributed by atoms with Gasteiger partial charge < -0.3 is 23.8 Å². The van der Waals surface area contributed by atoms with Crippen LogP contribution in [-0.2, 0) is 14.2 Å². The van der Waals surface area contributed by atoms with E-state index in [4.69, 9.17) is 18.9 Å². The van der Waals surface area contributed by atoms with Crippen molar-refractivity contribution < 1.29 is 18.9 Å². The lowest BCUT2D eigenvalue weighted by molar-refractivity contribution is 0.256. The molecule has 3 saturated heterocycles. The molecule has 130 valence electrons. The van der Waals surface area contributed by atoms with Crippen LogP contribution in [0.2, 0.25) is 0 Å². The third-order valence-corrected chi connectivity index (χ3v) is 3.42. The maximum Gasteiger partial charge on any atom is 0.119 e. The zero-order valence-corrected chi connectivity index (χ0v) is 14.4. The molecule has 3 unspecified atom stereocenters. The molecule has 3 atom stereocenters. The highest BCUT2D eigenvalue weighted by Crippen LogP contribution is 2.14.